The topological polar surface area (TPSA) is 237 Å². The third-order valence-corrected chi connectivity index (χ3v) is 21.2. The van der Waals surface area contributed by atoms with Gasteiger partial charge in [0.15, 0.2) is 12.2 Å². The third kappa shape index (κ3) is 76.1. The van der Waals surface area contributed by atoms with Crippen LogP contribution in [0.3, 0.4) is 0 Å². The molecule has 0 aliphatic rings. The van der Waals surface area contributed by atoms with E-state index < -0.39 is 97.5 Å². The molecule has 0 radical (unpaired) electrons. The van der Waals surface area contributed by atoms with Crippen LogP contribution in [0, 0.1) is 5.92 Å². The van der Waals surface area contributed by atoms with Crippen LogP contribution >= 0.6 is 15.6 Å². The van der Waals surface area contributed by atoms with E-state index in [1.165, 1.54) is 257 Å². The molecule has 0 spiro atoms. The zero-order valence-corrected chi connectivity index (χ0v) is 67.8. The molecule has 19 heteroatoms. The summed E-state index contributed by atoms with van der Waals surface area (Å²) >= 11 is 0. The lowest BCUT2D eigenvalue weighted by Crippen LogP contribution is -2.30. The highest BCUT2D eigenvalue weighted by atomic mass is 31.2. The van der Waals surface area contributed by atoms with Gasteiger partial charge in [-0.15, -0.1) is 0 Å². The minimum Gasteiger partial charge on any atom is -0.462 e. The average Bonchev–Trinajstić information content (AvgIpc) is 1.00. The van der Waals surface area contributed by atoms with Gasteiger partial charge in [-0.25, -0.2) is 9.13 Å². The van der Waals surface area contributed by atoms with Crippen LogP contribution in [-0.2, 0) is 65.4 Å². The molecule has 0 aliphatic carbocycles. The molecule has 0 rings (SSSR count). The number of carbonyl (C=O) groups excluding carboxylic acids is 4. The fourth-order valence-electron chi connectivity index (χ4n) is 12.8. The van der Waals surface area contributed by atoms with Gasteiger partial charge in [0.25, 0.3) is 0 Å². The van der Waals surface area contributed by atoms with Crippen molar-refractivity contribution < 1.29 is 80.2 Å². The summed E-state index contributed by atoms with van der Waals surface area (Å²) in [5.74, 6) is -1.34. The molecule has 0 aromatic carbocycles. The number of phosphoric ester groups is 2. The van der Waals surface area contributed by atoms with Crippen molar-refractivity contribution in [3.05, 3.63) is 0 Å². The summed E-state index contributed by atoms with van der Waals surface area (Å²) in [7, 11) is -9.92. The van der Waals surface area contributed by atoms with E-state index in [0.29, 0.717) is 25.7 Å². The highest BCUT2D eigenvalue weighted by Crippen LogP contribution is 2.45. The van der Waals surface area contributed by atoms with Crippen LogP contribution in [0.5, 0.6) is 0 Å². The van der Waals surface area contributed by atoms with Gasteiger partial charge in [0.1, 0.15) is 19.3 Å². The molecule has 0 saturated heterocycles. The Kier molecular flexibility index (Phi) is 73.5. The van der Waals surface area contributed by atoms with E-state index in [9.17, 15) is 43.2 Å². The predicted molar refractivity (Wildman–Crippen MR) is 414 cm³/mol. The smallest absolute Gasteiger partial charge is 0.462 e. The molecule has 0 bridgehead atoms. The van der Waals surface area contributed by atoms with E-state index >= 15 is 0 Å². The summed E-state index contributed by atoms with van der Waals surface area (Å²) in [5, 5.41) is 10.6. The zero-order chi connectivity index (χ0) is 74.1. The normalized spacial score (nSPS) is 13.8. The second-order valence-corrected chi connectivity index (χ2v) is 32.9. The fraction of sp³-hybridized carbons (Fsp3) is 0.951. The number of esters is 4. The van der Waals surface area contributed by atoms with E-state index in [0.717, 1.165) is 102 Å². The molecular weight excluding hydrogens is 1320 g/mol. The number of rotatable bonds is 82. The second kappa shape index (κ2) is 74.9. The van der Waals surface area contributed by atoms with Crippen molar-refractivity contribution in [1.82, 2.24) is 0 Å². The number of hydrogen-bond donors (Lipinski definition) is 3. The Hall–Kier alpha value is -1.94. The number of aliphatic hydroxyl groups is 1. The van der Waals surface area contributed by atoms with E-state index in [1.807, 2.05) is 0 Å². The van der Waals surface area contributed by atoms with Crippen molar-refractivity contribution in [2.75, 3.05) is 39.6 Å². The Morgan fingerprint density at radius 3 is 0.673 bits per heavy atom. The summed E-state index contributed by atoms with van der Waals surface area (Å²) in [5.41, 5.74) is 0. The van der Waals surface area contributed by atoms with E-state index in [4.69, 9.17) is 37.0 Å². The van der Waals surface area contributed by atoms with E-state index in [1.54, 1.807) is 0 Å². The maximum absolute atomic E-state index is 13.1. The summed E-state index contributed by atoms with van der Waals surface area (Å²) in [6.45, 7) is 7.31. The second-order valence-electron chi connectivity index (χ2n) is 30.0. The van der Waals surface area contributed by atoms with Gasteiger partial charge in [0.05, 0.1) is 26.4 Å². The van der Waals surface area contributed by atoms with Crippen molar-refractivity contribution in [2.24, 2.45) is 5.92 Å². The van der Waals surface area contributed by atoms with Gasteiger partial charge in [-0.2, -0.15) is 0 Å². The summed E-state index contributed by atoms with van der Waals surface area (Å²) in [6.07, 6.45) is 66.8. The molecule has 101 heavy (non-hydrogen) atoms. The van der Waals surface area contributed by atoms with Crippen LogP contribution in [-0.4, -0.2) is 96.7 Å². The number of ether oxygens (including phenoxy) is 4. The molecule has 0 saturated carbocycles. The largest absolute Gasteiger partial charge is 0.472 e. The molecule has 0 amide bonds. The van der Waals surface area contributed by atoms with Crippen LogP contribution in [0.25, 0.3) is 0 Å². The van der Waals surface area contributed by atoms with Gasteiger partial charge in [-0.3, -0.25) is 37.3 Å². The van der Waals surface area contributed by atoms with E-state index in [-0.39, 0.29) is 25.7 Å². The standard InChI is InChI=1S/C82H160O17P2/c1-6-9-12-15-18-21-23-25-27-29-31-32-33-35-37-39-43-47-52-57-62-67-81(86)99-78(72-93-80(85)66-61-56-51-46-42-38-36-34-30-28-26-24-22-19-16-13-10-7-2)74-97-101(90,91)95-70-76(83)69-94-100(88,89)96-73-77(71-92-79(84)65-60-55-50-20-17-14-11-8-3)98-82(87)68-63-58-53-48-44-40-41-45-49-54-59-64-75(4)5/h75-78,83H,6-74H2,1-5H3,(H,88,89)(H,90,91)/t76-,77+,78+/m0/s1. The van der Waals surface area contributed by atoms with Gasteiger partial charge in [0.2, 0.25) is 0 Å². The summed E-state index contributed by atoms with van der Waals surface area (Å²) in [6, 6.07) is 0. The molecule has 17 nitrogen and oxygen atoms in total. The van der Waals surface area contributed by atoms with Crippen molar-refractivity contribution >= 4 is 39.5 Å². The number of carbonyl (C=O) groups is 4. The SMILES string of the molecule is CCCCCCCCCCCCCCCCCCCCCCCC(=O)O[C@H](COC(=O)CCCCCCCCCCCCCCCCCCCC)COP(=O)(O)OC[C@@H](O)COP(=O)(O)OC[C@@H](COC(=O)CCCCCCCCCC)OC(=O)CCCCCCCCCCCCCC(C)C. The van der Waals surface area contributed by atoms with Crippen molar-refractivity contribution in [3.63, 3.8) is 0 Å². The third-order valence-electron chi connectivity index (χ3n) is 19.3. The molecule has 0 heterocycles. The van der Waals surface area contributed by atoms with Gasteiger partial charge in [0, 0.05) is 25.7 Å². The fourth-order valence-corrected chi connectivity index (χ4v) is 14.3. The quantitative estimate of drug-likeness (QED) is 0.0222. The molecule has 600 valence electrons. The van der Waals surface area contributed by atoms with E-state index in [2.05, 4.69) is 34.6 Å². The van der Waals surface area contributed by atoms with Crippen molar-refractivity contribution in [1.29, 1.82) is 0 Å². The van der Waals surface area contributed by atoms with Gasteiger partial charge < -0.3 is 33.8 Å². The van der Waals surface area contributed by atoms with Crippen LogP contribution in [0.15, 0.2) is 0 Å². The van der Waals surface area contributed by atoms with Crippen molar-refractivity contribution in [2.45, 2.75) is 457 Å². The monoisotopic (exact) mass is 1480 g/mol. The molecule has 0 aromatic rings. The summed E-state index contributed by atoms with van der Waals surface area (Å²) < 4.78 is 68.7. The van der Waals surface area contributed by atoms with Gasteiger partial charge >= 0.3 is 39.5 Å². The molecular formula is C82H160O17P2. The highest BCUT2D eigenvalue weighted by Gasteiger charge is 2.30. The molecule has 0 aromatic heterocycles. The first-order chi connectivity index (χ1) is 49.0. The lowest BCUT2D eigenvalue weighted by molar-refractivity contribution is -0.161. The highest BCUT2D eigenvalue weighted by molar-refractivity contribution is 7.47. The zero-order valence-electron chi connectivity index (χ0n) is 66.1. The van der Waals surface area contributed by atoms with Crippen LogP contribution in [0.2, 0.25) is 0 Å². The molecule has 2 unspecified atom stereocenters. The molecule has 5 atom stereocenters. The van der Waals surface area contributed by atoms with Crippen LogP contribution < -0.4 is 0 Å². The average molecular weight is 1480 g/mol. The Morgan fingerprint density at radius 2 is 0.455 bits per heavy atom. The van der Waals surface area contributed by atoms with Crippen molar-refractivity contribution in [3.8, 4) is 0 Å². The minimum atomic E-state index is -4.96. The number of aliphatic hydroxyl groups excluding tert-OH is 1. The lowest BCUT2D eigenvalue weighted by Gasteiger charge is -2.21. The summed E-state index contributed by atoms with van der Waals surface area (Å²) in [4.78, 5) is 73.0. The Morgan fingerprint density at radius 1 is 0.267 bits per heavy atom. The number of phosphoric acid groups is 2. The molecule has 0 aliphatic heterocycles. The number of hydrogen-bond acceptors (Lipinski definition) is 15. The number of unbranched alkanes of at least 4 members (excludes halogenated alkanes) is 54. The van der Waals surface area contributed by atoms with Crippen LogP contribution in [0.1, 0.15) is 439 Å². The first-order valence-corrected chi connectivity index (χ1v) is 45.6. The maximum atomic E-state index is 13.1. The molecule has 3 N–H and O–H groups in total. The van der Waals surface area contributed by atoms with Gasteiger partial charge in [-0.05, 0) is 31.6 Å². The minimum absolute atomic E-state index is 0.107. The van der Waals surface area contributed by atoms with Crippen LogP contribution in [0.4, 0.5) is 0 Å². The first kappa shape index (κ1) is 99.1. The first-order valence-electron chi connectivity index (χ1n) is 42.6. The Labute approximate surface area is 619 Å². The maximum Gasteiger partial charge on any atom is 0.472 e. The Bertz CT molecular complexity index is 1930. The predicted octanol–water partition coefficient (Wildman–Crippen LogP) is 24.8. The molecule has 0 fully saturated rings. The lowest BCUT2D eigenvalue weighted by atomic mass is 10.0. The Balaban J connectivity index is 5.19. The van der Waals surface area contributed by atoms with Gasteiger partial charge in [-0.1, -0.05) is 388 Å².